The molecule has 10 nitrogen and oxygen atoms in total. The first-order chi connectivity index (χ1) is 30.1. The van der Waals surface area contributed by atoms with Gasteiger partial charge in [0, 0.05) is 7.11 Å². The normalized spacial score (nSPS) is 26.8. The highest BCUT2D eigenvalue weighted by molar-refractivity contribution is 7.60. The van der Waals surface area contributed by atoms with Gasteiger partial charge < -0.3 is 38.5 Å². The number of halogens is 18. The number of benzene rings is 4. The minimum Gasteiger partial charge on any atom is -0.448 e. The predicted octanol–water partition coefficient (Wildman–Crippen LogP) is 9.39. The highest BCUT2D eigenvalue weighted by Gasteiger charge is 3.04. The quantitative estimate of drug-likeness (QED) is 0.0798. The van der Waals surface area contributed by atoms with Crippen molar-refractivity contribution in [1.29, 1.82) is 0 Å². The molecule has 4 aromatic rings. The monoisotopic (exact) mass is 1030 g/mol. The van der Waals surface area contributed by atoms with E-state index in [1.165, 1.54) is 6.92 Å². The largest absolute Gasteiger partial charge is 0.448 e. The molecule has 0 aromatic heterocycles. The topological polar surface area (TPSA) is 152 Å². The van der Waals surface area contributed by atoms with Crippen LogP contribution in [0.1, 0.15) is 16.7 Å². The Bertz CT molecular complexity index is 2680. The maximum absolute atomic E-state index is 16.2. The van der Waals surface area contributed by atoms with Crippen molar-refractivity contribution in [2.75, 3.05) is 7.11 Å². The Morgan fingerprint density at radius 3 is 1.15 bits per heavy atom. The van der Waals surface area contributed by atoms with E-state index < -0.39 is 125 Å². The number of rotatable bonds is 12. The average molecular weight is 1030 g/mol. The molecule has 0 aliphatic heterocycles. The molecule has 0 amide bonds. The molecular weight excluding hydrogens is 1010 g/mol. The van der Waals surface area contributed by atoms with Crippen LogP contribution in [0.5, 0.6) is 17.2 Å². The van der Waals surface area contributed by atoms with Gasteiger partial charge in [-0.25, -0.2) is 0 Å². The first kappa shape index (κ1) is 51.7. The third-order valence-corrected chi connectivity index (χ3v) is 12.9. The van der Waals surface area contributed by atoms with Crippen molar-refractivity contribution >= 4 is 25.8 Å². The lowest BCUT2D eigenvalue weighted by Crippen LogP contribution is -2.89. The Balaban J connectivity index is 1.37. The van der Waals surface area contributed by atoms with E-state index >= 15 is 8.78 Å². The van der Waals surface area contributed by atoms with E-state index in [9.17, 15) is 99.0 Å². The maximum Gasteiger partial charge on any atom is 0.411 e. The Kier molecular flexibility index (Phi) is 11.7. The zero-order chi connectivity index (χ0) is 51.0. The summed E-state index contributed by atoms with van der Waals surface area (Å²) in [6.45, 7) is 1.25. The van der Waals surface area contributed by atoms with E-state index in [0.717, 1.165) is 18.2 Å². The lowest BCUT2D eigenvalue weighted by Gasteiger charge is -2.55. The molecule has 0 heterocycles. The summed E-state index contributed by atoms with van der Waals surface area (Å²) in [5.41, 5.74) is -10.1. The van der Waals surface area contributed by atoms with E-state index in [-0.39, 0.29) is 72.8 Å². The van der Waals surface area contributed by atoms with Crippen molar-refractivity contribution in [3.05, 3.63) is 102 Å². The van der Waals surface area contributed by atoms with Crippen LogP contribution in [0.15, 0.2) is 84.9 Å². The summed E-state index contributed by atoms with van der Waals surface area (Å²) in [4.78, 5) is 39.1. The predicted molar refractivity (Wildman–Crippen MR) is 190 cm³/mol. The van der Waals surface area contributed by atoms with Crippen molar-refractivity contribution in [2.24, 2.45) is 0 Å². The lowest BCUT2D eigenvalue weighted by molar-refractivity contribution is -0.538. The molecule has 0 saturated heterocycles. The SMILES string of the molecule is COC1(F)C(F)(F)C(F)(F)C1(F)Oc1ccc(C(c2ccc(OC3(F)C(F)(F)C(F)(F)C3(F)Oc3ccc(-c4ccc(C)c(P(=O)(O)O)c4)cc3P(=O)(O)O)cc2)(C(F)(F)F)C(F)(F)F)cc1. The number of aryl methyl sites for hydroxylation is 1. The maximum atomic E-state index is 16.2. The Morgan fingerprint density at radius 1 is 0.463 bits per heavy atom. The van der Waals surface area contributed by atoms with Gasteiger partial charge in [-0.05, 0) is 77.2 Å². The summed E-state index contributed by atoms with van der Waals surface area (Å²) >= 11 is 0. The second-order valence-electron chi connectivity index (χ2n) is 14.8. The third kappa shape index (κ3) is 6.85. The van der Waals surface area contributed by atoms with E-state index in [1.54, 1.807) is 0 Å². The first-order valence-electron chi connectivity index (χ1n) is 17.7. The fourth-order valence-electron chi connectivity index (χ4n) is 7.26. The second-order valence-corrected chi connectivity index (χ2v) is 17.9. The molecule has 4 atom stereocenters. The Hall–Kier alpha value is -4.72. The number of alkyl halides is 18. The molecule has 4 N–H and O–H groups in total. The molecule has 2 aliphatic rings. The zero-order valence-electron chi connectivity index (χ0n) is 32.5. The van der Waals surface area contributed by atoms with E-state index in [1.807, 2.05) is 0 Å². The van der Waals surface area contributed by atoms with Crippen molar-refractivity contribution in [2.45, 2.75) is 71.8 Å². The molecule has 0 spiro atoms. The Labute approximate surface area is 361 Å². The molecule has 67 heavy (non-hydrogen) atoms. The van der Waals surface area contributed by atoms with Crippen LogP contribution in [-0.4, -0.2) is 86.1 Å². The summed E-state index contributed by atoms with van der Waals surface area (Å²) < 4.78 is 306. The highest BCUT2D eigenvalue weighted by atomic mass is 31.2. The second kappa shape index (κ2) is 15.1. The van der Waals surface area contributed by atoms with Gasteiger partial charge in [-0.2, -0.15) is 79.0 Å². The van der Waals surface area contributed by atoms with Gasteiger partial charge in [-0.15, -0.1) is 0 Å². The van der Waals surface area contributed by atoms with Crippen LogP contribution in [0.2, 0.25) is 0 Å². The van der Waals surface area contributed by atoms with E-state index in [2.05, 4.69) is 18.9 Å². The van der Waals surface area contributed by atoms with Crippen molar-refractivity contribution < 1.29 is 127 Å². The van der Waals surface area contributed by atoms with Gasteiger partial charge in [0.05, 0.1) is 5.30 Å². The molecule has 2 aliphatic carbocycles. The number of hydrogen-bond acceptors (Lipinski definition) is 6. The number of methoxy groups -OCH3 is 1. The summed E-state index contributed by atoms with van der Waals surface area (Å²) in [7, 11) is -11.0. The summed E-state index contributed by atoms with van der Waals surface area (Å²) in [5.74, 6) is -52.3. The molecule has 30 heteroatoms. The van der Waals surface area contributed by atoms with Crippen molar-refractivity contribution in [3.63, 3.8) is 0 Å². The van der Waals surface area contributed by atoms with Gasteiger partial charge in [-0.1, -0.05) is 42.5 Å². The van der Waals surface area contributed by atoms with Crippen LogP contribution in [0, 0.1) is 6.92 Å². The fraction of sp³-hybridized carbons (Fsp3) is 0.351. The minimum absolute atomic E-state index is 0.00567. The Morgan fingerprint density at radius 2 is 0.791 bits per heavy atom. The first-order valence-corrected chi connectivity index (χ1v) is 20.9. The van der Waals surface area contributed by atoms with Gasteiger partial charge in [-0.3, -0.25) is 9.13 Å². The molecule has 6 rings (SSSR count). The zero-order valence-corrected chi connectivity index (χ0v) is 34.3. The van der Waals surface area contributed by atoms with E-state index in [4.69, 9.17) is 0 Å². The van der Waals surface area contributed by atoms with Crippen LogP contribution < -0.4 is 24.8 Å². The molecular formula is C37H24F18O10P2. The van der Waals surface area contributed by atoms with Gasteiger partial charge >= 0.3 is 74.7 Å². The summed E-state index contributed by atoms with van der Waals surface area (Å²) in [6, 6.07) is 2.49. The summed E-state index contributed by atoms with van der Waals surface area (Å²) in [5, 5.41) is -2.25. The van der Waals surface area contributed by atoms with Gasteiger partial charge in [0.1, 0.15) is 22.6 Å². The average Bonchev–Trinajstić information content (AvgIpc) is 3.19. The molecule has 2 saturated carbocycles. The van der Waals surface area contributed by atoms with Crippen LogP contribution in [-0.2, 0) is 19.3 Å². The van der Waals surface area contributed by atoms with Gasteiger partial charge in [0.15, 0.2) is 0 Å². The van der Waals surface area contributed by atoms with E-state index in [0.29, 0.717) is 12.1 Å². The van der Waals surface area contributed by atoms with Gasteiger partial charge in [0.25, 0.3) is 0 Å². The molecule has 368 valence electrons. The summed E-state index contributed by atoms with van der Waals surface area (Å²) in [6.07, 6.45) is -13.2. The number of hydrogen-bond donors (Lipinski definition) is 4. The molecule has 4 aromatic carbocycles. The lowest BCUT2D eigenvalue weighted by atomic mass is 9.72. The van der Waals surface area contributed by atoms with Crippen LogP contribution >= 0.6 is 15.2 Å². The molecule has 4 unspecified atom stereocenters. The molecule has 2 fully saturated rings. The van der Waals surface area contributed by atoms with Crippen LogP contribution in [0.3, 0.4) is 0 Å². The highest BCUT2D eigenvalue weighted by Crippen LogP contribution is 2.70. The fourth-order valence-corrected chi connectivity index (χ4v) is 8.81. The van der Waals surface area contributed by atoms with Crippen LogP contribution in [0.25, 0.3) is 11.1 Å². The minimum atomic E-state index is -6.59. The van der Waals surface area contributed by atoms with Crippen molar-refractivity contribution in [1.82, 2.24) is 0 Å². The number of ether oxygens (including phenoxy) is 4. The van der Waals surface area contributed by atoms with Crippen molar-refractivity contribution in [3.8, 4) is 28.4 Å². The standard InChI is InChI=1S/C37H24F18O10P2/c1-17-3-4-18(15-25(17)66(56,57)58)19-5-14-24(26(16-19)67(59,60)61)65-35(49)31(44,45)30(42,43)34(35,48)64-23-12-8-21(9-13-23)27(36(50,51)52,37(53,54)55)20-6-10-22(11-7-20)63-33(47)29(40,41)28(38,39)32(33,46)62-2/h3-16H,1-2H3,(H2,56,57,58)(H2,59,60,61). The van der Waals surface area contributed by atoms with Gasteiger partial charge in [0.2, 0.25) is 5.41 Å². The smallest absolute Gasteiger partial charge is 0.411 e. The molecule has 0 radical (unpaired) electrons. The molecule has 0 bridgehead atoms. The third-order valence-electron chi connectivity index (χ3n) is 10.8. The van der Waals surface area contributed by atoms with Crippen LogP contribution in [0.4, 0.5) is 79.0 Å².